The third kappa shape index (κ3) is 1.74. The standard InChI is InChI=1S/C22H19N/c1-22(2)12-11-18-17-8-4-6-10-20(17)23-19-9-5-3-7-15(19)13-16(14-22)21(18)23/h3-12,14H,13H2,1-2H3. The van der Waals surface area contributed by atoms with Crippen molar-refractivity contribution < 1.29 is 0 Å². The van der Waals surface area contributed by atoms with Crippen molar-refractivity contribution in [3.05, 3.63) is 77.5 Å². The maximum Gasteiger partial charge on any atom is 0.0573 e. The minimum absolute atomic E-state index is 0.0899. The summed E-state index contributed by atoms with van der Waals surface area (Å²) in [5, 5.41) is 1.35. The summed E-state index contributed by atoms with van der Waals surface area (Å²) in [5.41, 5.74) is 8.34. The SMILES string of the molecule is CC1(C)C=Cc2c3n(c4ccccc24)-c2ccccc2CC3=C1. The lowest BCUT2D eigenvalue weighted by Gasteiger charge is -2.25. The zero-order chi connectivity index (χ0) is 15.6. The van der Waals surface area contributed by atoms with Crippen molar-refractivity contribution in [1.82, 2.24) is 4.57 Å². The molecule has 0 fully saturated rings. The number of aromatic nitrogens is 1. The van der Waals surface area contributed by atoms with E-state index < -0.39 is 0 Å². The van der Waals surface area contributed by atoms with Crippen LogP contribution in [-0.2, 0) is 6.42 Å². The fourth-order valence-electron chi connectivity index (χ4n) is 4.08. The first-order valence-corrected chi connectivity index (χ1v) is 8.27. The molecule has 1 nitrogen and oxygen atoms in total. The lowest BCUT2D eigenvalue weighted by atomic mass is 9.88. The molecule has 0 saturated carbocycles. The third-order valence-corrected chi connectivity index (χ3v) is 5.06. The van der Waals surface area contributed by atoms with Crippen molar-refractivity contribution in [2.24, 2.45) is 5.41 Å². The molecule has 1 aliphatic carbocycles. The monoisotopic (exact) mass is 297 g/mol. The Balaban J connectivity index is 2.00. The highest BCUT2D eigenvalue weighted by molar-refractivity contribution is 5.99. The molecule has 112 valence electrons. The van der Waals surface area contributed by atoms with Crippen LogP contribution in [0.5, 0.6) is 0 Å². The third-order valence-electron chi connectivity index (χ3n) is 5.06. The number of allylic oxidation sites excluding steroid dienone is 3. The summed E-state index contributed by atoms with van der Waals surface area (Å²) >= 11 is 0. The van der Waals surface area contributed by atoms with E-state index in [0.29, 0.717) is 0 Å². The zero-order valence-corrected chi connectivity index (χ0v) is 13.5. The molecule has 3 aromatic rings. The summed E-state index contributed by atoms with van der Waals surface area (Å²) in [6.07, 6.45) is 8.13. The lowest BCUT2D eigenvalue weighted by Crippen LogP contribution is -2.13. The molecule has 1 aliphatic heterocycles. The highest BCUT2D eigenvalue weighted by Gasteiger charge is 2.29. The van der Waals surface area contributed by atoms with E-state index in [-0.39, 0.29) is 5.41 Å². The number of nitrogens with zero attached hydrogens (tertiary/aromatic N) is 1. The van der Waals surface area contributed by atoms with E-state index in [1.807, 2.05) is 0 Å². The van der Waals surface area contributed by atoms with E-state index in [1.54, 1.807) is 0 Å². The van der Waals surface area contributed by atoms with Crippen LogP contribution in [0.1, 0.15) is 30.7 Å². The number of para-hydroxylation sites is 2. The van der Waals surface area contributed by atoms with Gasteiger partial charge in [0.05, 0.1) is 11.2 Å². The molecular weight excluding hydrogens is 278 g/mol. The van der Waals surface area contributed by atoms with Gasteiger partial charge in [-0.25, -0.2) is 0 Å². The highest BCUT2D eigenvalue weighted by atomic mass is 15.0. The van der Waals surface area contributed by atoms with Gasteiger partial charge in [0.1, 0.15) is 0 Å². The predicted octanol–water partition coefficient (Wildman–Crippen LogP) is 5.62. The van der Waals surface area contributed by atoms with Crippen LogP contribution in [0.25, 0.3) is 28.2 Å². The van der Waals surface area contributed by atoms with Crippen LogP contribution in [0, 0.1) is 5.41 Å². The van der Waals surface area contributed by atoms with Crippen molar-refractivity contribution in [3.8, 4) is 5.69 Å². The van der Waals surface area contributed by atoms with Crippen molar-refractivity contribution in [2.75, 3.05) is 0 Å². The number of benzene rings is 2. The van der Waals surface area contributed by atoms with Crippen molar-refractivity contribution in [2.45, 2.75) is 20.3 Å². The molecule has 1 aromatic heterocycles. The maximum atomic E-state index is 2.46. The molecule has 23 heavy (non-hydrogen) atoms. The Morgan fingerprint density at radius 1 is 0.957 bits per heavy atom. The fraction of sp³-hybridized carbons (Fsp3) is 0.182. The van der Waals surface area contributed by atoms with Crippen LogP contribution in [0.2, 0.25) is 0 Å². The molecule has 0 bridgehead atoms. The normalized spacial score (nSPS) is 17.4. The second-order valence-electron chi connectivity index (χ2n) is 7.24. The van der Waals surface area contributed by atoms with Crippen LogP contribution < -0.4 is 0 Å². The van der Waals surface area contributed by atoms with Gasteiger partial charge in [-0.3, -0.25) is 0 Å². The van der Waals surface area contributed by atoms with Crippen LogP contribution in [-0.4, -0.2) is 4.57 Å². The average Bonchev–Trinajstić information content (AvgIpc) is 2.81. The van der Waals surface area contributed by atoms with Gasteiger partial charge in [0.15, 0.2) is 0 Å². The van der Waals surface area contributed by atoms with E-state index in [9.17, 15) is 0 Å². The maximum absolute atomic E-state index is 2.46. The Bertz CT molecular complexity index is 1010. The first-order chi connectivity index (χ1) is 11.1. The van der Waals surface area contributed by atoms with Crippen LogP contribution in [0.3, 0.4) is 0 Å². The fourth-order valence-corrected chi connectivity index (χ4v) is 4.08. The van der Waals surface area contributed by atoms with E-state index >= 15 is 0 Å². The Kier molecular flexibility index (Phi) is 2.40. The Labute approximate surface area is 136 Å². The zero-order valence-electron chi connectivity index (χ0n) is 13.5. The van der Waals surface area contributed by atoms with Crippen molar-refractivity contribution in [1.29, 1.82) is 0 Å². The van der Waals surface area contributed by atoms with Crippen LogP contribution in [0.4, 0.5) is 0 Å². The van der Waals surface area contributed by atoms with E-state index in [0.717, 1.165) is 6.42 Å². The minimum Gasteiger partial charge on any atom is -0.309 e. The van der Waals surface area contributed by atoms with Gasteiger partial charge in [-0.05, 0) is 23.3 Å². The molecule has 0 radical (unpaired) electrons. The molecule has 2 aliphatic rings. The molecule has 0 unspecified atom stereocenters. The van der Waals surface area contributed by atoms with Gasteiger partial charge in [-0.15, -0.1) is 0 Å². The summed E-state index contributed by atoms with van der Waals surface area (Å²) in [6.45, 7) is 4.57. The summed E-state index contributed by atoms with van der Waals surface area (Å²) in [4.78, 5) is 0. The van der Waals surface area contributed by atoms with Gasteiger partial charge in [-0.2, -0.15) is 0 Å². The van der Waals surface area contributed by atoms with Gasteiger partial charge in [0.2, 0.25) is 0 Å². The predicted molar refractivity (Wildman–Crippen MR) is 97.8 cm³/mol. The topological polar surface area (TPSA) is 4.93 Å². The Morgan fingerprint density at radius 2 is 1.74 bits per heavy atom. The second kappa shape index (κ2) is 4.26. The quantitative estimate of drug-likeness (QED) is 0.507. The van der Waals surface area contributed by atoms with Crippen LogP contribution >= 0.6 is 0 Å². The molecular formula is C22H19N. The Hall–Kier alpha value is -2.54. The largest absolute Gasteiger partial charge is 0.309 e. The molecule has 2 aromatic carbocycles. The van der Waals surface area contributed by atoms with Gasteiger partial charge < -0.3 is 4.57 Å². The van der Waals surface area contributed by atoms with Gasteiger partial charge >= 0.3 is 0 Å². The molecule has 0 N–H and O–H groups in total. The molecule has 1 heteroatoms. The van der Waals surface area contributed by atoms with Crippen LogP contribution in [0.15, 0.2) is 60.7 Å². The lowest BCUT2D eigenvalue weighted by molar-refractivity contribution is 0.630. The van der Waals surface area contributed by atoms with Crippen molar-refractivity contribution in [3.63, 3.8) is 0 Å². The average molecular weight is 297 g/mol. The first kappa shape index (κ1) is 13.0. The van der Waals surface area contributed by atoms with E-state index in [4.69, 9.17) is 0 Å². The van der Waals surface area contributed by atoms with Gasteiger partial charge in [0, 0.05) is 28.5 Å². The number of rotatable bonds is 0. The van der Waals surface area contributed by atoms with Gasteiger partial charge in [-0.1, -0.05) is 68.5 Å². The summed E-state index contributed by atoms with van der Waals surface area (Å²) in [6, 6.07) is 17.6. The smallest absolute Gasteiger partial charge is 0.0573 e. The van der Waals surface area contributed by atoms with E-state index in [1.165, 1.54) is 39.0 Å². The summed E-state index contributed by atoms with van der Waals surface area (Å²) in [5.74, 6) is 0. The molecule has 0 atom stereocenters. The van der Waals surface area contributed by atoms with Crippen molar-refractivity contribution >= 4 is 22.6 Å². The molecule has 0 saturated heterocycles. The first-order valence-electron chi connectivity index (χ1n) is 8.27. The number of fused-ring (bicyclic) bond motifs is 5. The summed E-state index contributed by atoms with van der Waals surface area (Å²) in [7, 11) is 0. The van der Waals surface area contributed by atoms with Gasteiger partial charge in [0.25, 0.3) is 0 Å². The number of hydrogen-bond donors (Lipinski definition) is 0. The minimum atomic E-state index is 0.0899. The molecule has 0 amide bonds. The highest BCUT2D eigenvalue weighted by Crippen LogP contribution is 2.44. The second-order valence-corrected chi connectivity index (χ2v) is 7.24. The number of hydrogen-bond acceptors (Lipinski definition) is 0. The summed E-state index contributed by atoms with van der Waals surface area (Å²) < 4.78 is 2.46. The molecule has 5 rings (SSSR count). The van der Waals surface area contributed by atoms with E-state index in [2.05, 4.69) is 85.2 Å². The Morgan fingerprint density at radius 3 is 2.65 bits per heavy atom. The molecule has 2 heterocycles. The molecule has 0 spiro atoms.